The number of rotatable bonds is 2. The molecule has 1 aromatic carbocycles. The summed E-state index contributed by atoms with van der Waals surface area (Å²) < 4.78 is 26.8. The van der Waals surface area contributed by atoms with Gasteiger partial charge in [0.15, 0.2) is 0 Å². The summed E-state index contributed by atoms with van der Waals surface area (Å²) in [7, 11) is 5.23. The Hall–Kier alpha value is -2.04. The van der Waals surface area contributed by atoms with Crippen LogP contribution < -0.4 is 5.46 Å². The van der Waals surface area contributed by atoms with E-state index in [0.29, 0.717) is 5.56 Å². The molecule has 0 bridgehead atoms. The lowest BCUT2D eigenvalue weighted by Gasteiger charge is -2.07. The Labute approximate surface area is 98.2 Å². The Bertz CT molecular complexity index is 570. The van der Waals surface area contributed by atoms with Gasteiger partial charge in [0.2, 0.25) is 0 Å². The minimum atomic E-state index is -0.736. The number of nitrogens with one attached hydrogen (secondary N) is 1. The maximum Gasteiger partial charge on any atom is 0.132 e. The molecule has 17 heavy (non-hydrogen) atoms. The molecule has 1 aromatic heterocycles. The Morgan fingerprint density at radius 1 is 1.12 bits per heavy atom. The lowest BCUT2D eigenvalue weighted by Crippen LogP contribution is -2.14. The van der Waals surface area contributed by atoms with Crippen molar-refractivity contribution < 1.29 is 8.78 Å². The largest absolute Gasteiger partial charge is 0.300 e. The van der Waals surface area contributed by atoms with Crippen molar-refractivity contribution in [2.75, 3.05) is 0 Å². The molecule has 0 atom stereocenters. The lowest BCUT2D eigenvalue weighted by atomic mass is 9.92. The van der Waals surface area contributed by atoms with E-state index in [1.807, 2.05) is 0 Å². The van der Waals surface area contributed by atoms with Crippen molar-refractivity contribution >= 4 is 19.0 Å². The monoisotopic (exact) mass is 228 g/mol. The lowest BCUT2D eigenvalue weighted by molar-refractivity contribution is 0.604. The van der Waals surface area contributed by atoms with Gasteiger partial charge < -0.3 is 0 Å². The van der Waals surface area contributed by atoms with Gasteiger partial charge in [-0.2, -0.15) is 0 Å². The molecule has 2 radical (unpaired) electrons. The second-order valence-electron chi connectivity index (χ2n) is 3.46. The number of hydrogen-bond donors (Lipinski definition) is 1. The zero-order valence-corrected chi connectivity index (χ0v) is 8.74. The second-order valence-corrected chi connectivity index (χ2v) is 3.46. The van der Waals surface area contributed by atoms with Crippen LogP contribution in [0.2, 0.25) is 0 Å². The van der Waals surface area contributed by atoms with Crippen molar-refractivity contribution in [3.8, 4) is 0 Å². The molecule has 2 nitrogen and oxygen atoms in total. The predicted molar refractivity (Wildman–Crippen MR) is 61.9 cm³/mol. The first-order valence-corrected chi connectivity index (χ1v) is 4.83. The van der Waals surface area contributed by atoms with Gasteiger partial charge in [0, 0.05) is 23.5 Å². The highest BCUT2D eigenvalue weighted by Gasteiger charge is 2.12. The van der Waals surface area contributed by atoms with Gasteiger partial charge in [-0.05, 0) is 24.3 Å². The fraction of sp³-hybridized carbons (Fsp3) is 0. The SMILES string of the molecule is [B]c1cc(F)c(C(=N)c2ccncc2)cc1F. The molecule has 0 amide bonds. The first-order valence-electron chi connectivity index (χ1n) is 4.83. The number of benzene rings is 1. The molecular formula is C12H7BF2N2. The van der Waals surface area contributed by atoms with E-state index in [1.165, 1.54) is 12.4 Å². The molecule has 0 unspecified atom stereocenters. The van der Waals surface area contributed by atoms with Crippen LogP contribution in [0, 0.1) is 17.0 Å². The molecule has 1 N–H and O–H groups in total. The van der Waals surface area contributed by atoms with Gasteiger partial charge in [-0.15, -0.1) is 0 Å². The molecule has 0 saturated carbocycles. The van der Waals surface area contributed by atoms with Crippen molar-refractivity contribution in [1.29, 1.82) is 5.41 Å². The van der Waals surface area contributed by atoms with Crippen molar-refractivity contribution in [3.63, 3.8) is 0 Å². The van der Waals surface area contributed by atoms with E-state index in [9.17, 15) is 8.78 Å². The van der Waals surface area contributed by atoms with Crippen LogP contribution in [0.25, 0.3) is 0 Å². The highest BCUT2D eigenvalue weighted by atomic mass is 19.1. The van der Waals surface area contributed by atoms with E-state index >= 15 is 0 Å². The van der Waals surface area contributed by atoms with E-state index in [0.717, 1.165) is 12.1 Å². The molecular weight excluding hydrogens is 221 g/mol. The minimum Gasteiger partial charge on any atom is -0.300 e. The number of hydrogen-bond acceptors (Lipinski definition) is 2. The molecule has 0 spiro atoms. The Morgan fingerprint density at radius 2 is 1.76 bits per heavy atom. The zero-order valence-electron chi connectivity index (χ0n) is 8.74. The van der Waals surface area contributed by atoms with Crippen LogP contribution in [0.1, 0.15) is 11.1 Å². The van der Waals surface area contributed by atoms with Crippen LogP contribution in [0.4, 0.5) is 8.78 Å². The molecule has 2 rings (SSSR count). The summed E-state index contributed by atoms with van der Waals surface area (Å²) in [5, 5.41) is 7.80. The Morgan fingerprint density at radius 3 is 2.41 bits per heavy atom. The first-order chi connectivity index (χ1) is 8.09. The molecule has 0 saturated heterocycles. The maximum atomic E-state index is 13.6. The third kappa shape index (κ3) is 2.23. The van der Waals surface area contributed by atoms with E-state index in [4.69, 9.17) is 13.3 Å². The second kappa shape index (κ2) is 4.45. The fourth-order valence-corrected chi connectivity index (χ4v) is 1.43. The molecule has 0 aliphatic rings. The molecule has 82 valence electrons. The van der Waals surface area contributed by atoms with Gasteiger partial charge >= 0.3 is 0 Å². The Kier molecular flexibility index (Phi) is 3.00. The van der Waals surface area contributed by atoms with Crippen LogP contribution >= 0.6 is 0 Å². The van der Waals surface area contributed by atoms with Gasteiger partial charge in [-0.3, -0.25) is 10.4 Å². The topological polar surface area (TPSA) is 36.7 Å². The maximum absolute atomic E-state index is 13.6. The van der Waals surface area contributed by atoms with Gasteiger partial charge in [0.05, 0.1) is 5.71 Å². The van der Waals surface area contributed by atoms with Crippen LogP contribution in [-0.2, 0) is 0 Å². The van der Waals surface area contributed by atoms with Crippen LogP contribution in [0.3, 0.4) is 0 Å². The molecule has 0 aliphatic carbocycles. The van der Waals surface area contributed by atoms with Crippen LogP contribution in [0.5, 0.6) is 0 Å². The van der Waals surface area contributed by atoms with Crippen molar-refractivity contribution in [2.45, 2.75) is 0 Å². The fourth-order valence-electron chi connectivity index (χ4n) is 1.43. The molecule has 0 aliphatic heterocycles. The van der Waals surface area contributed by atoms with E-state index < -0.39 is 11.6 Å². The van der Waals surface area contributed by atoms with E-state index in [2.05, 4.69) is 4.98 Å². The predicted octanol–water partition coefficient (Wildman–Crippen LogP) is 1.57. The number of halogens is 2. The molecule has 5 heteroatoms. The van der Waals surface area contributed by atoms with Crippen molar-refractivity contribution in [3.05, 3.63) is 59.4 Å². The number of pyridine rings is 1. The van der Waals surface area contributed by atoms with Gasteiger partial charge in [-0.25, -0.2) is 8.78 Å². The van der Waals surface area contributed by atoms with Crippen molar-refractivity contribution in [2.24, 2.45) is 0 Å². The summed E-state index contributed by atoms with van der Waals surface area (Å²) in [6.45, 7) is 0. The smallest absolute Gasteiger partial charge is 0.132 e. The third-order valence-electron chi connectivity index (χ3n) is 2.32. The van der Waals surface area contributed by atoms with Gasteiger partial charge in [0.1, 0.15) is 19.5 Å². The molecule has 2 aromatic rings. The Balaban J connectivity index is 2.48. The van der Waals surface area contributed by atoms with Crippen molar-refractivity contribution in [1.82, 2.24) is 4.98 Å². The summed E-state index contributed by atoms with van der Waals surface area (Å²) in [4.78, 5) is 3.79. The minimum absolute atomic E-state index is 0.108. The average Bonchev–Trinajstić information content (AvgIpc) is 2.34. The summed E-state index contributed by atoms with van der Waals surface area (Å²) in [5.74, 6) is -1.45. The average molecular weight is 228 g/mol. The zero-order chi connectivity index (χ0) is 12.4. The van der Waals surface area contributed by atoms with Crippen LogP contribution in [0.15, 0.2) is 36.7 Å². The summed E-state index contributed by atoms with van der Waals surface area (Å²) >= 11 is 0. The van der Waals surface area contributed by atoms with E-state index in [1.54, 1.807) is 12.1 Å². The summed E-state index contributed by atoms with van der Waals surface area (Å²) in [6, 6.07) is 4.90. The number of nitrogens with zero attached hydrogens (tertiary/aromatic N) is 1. The third-order valence-corrected chi connectivity index (χ3v) is 2.32. The van der Waals surface area contributed by atoms with Gasteiger partial charge in [0.25, 0.3) is 0 Å². The summed E-state index contributed by atoms with van der Waals surface area (Å²) in [5.41, 5.74) is -0.0384. The normalized spacial score (nSPS) is 10.2. The molecule has 0 fully saturated rings. The highest BCUT2D eigenvalue weighted by molar-refractivity contribution is 6.32. The highest BCUT2D eigenvalue weighted by Crippen LogP contribution is 2.13. The summed E-state index contributed by atoms with van der Waals surface area (Å²) in [6.07, 6.45) is 2.96. The van der Waals surface area contributed by atoms with E-state index in [-0.39, 0.29) is 16.7 Å². The van der Waals surface area contributed by atoms with Crippen LogP contribution in [-0.4, -0.2) is 18.5 Å². The quantitative estimate of drug-likeness (QED) is 0.614. The molecule has 1 heterocycles. The van der Waals surface area contributed by atoms with Gasteiger partial charge in [-0.1, -0.05) is 5.46 Å². The first kappa shape index (κ1) is 11.5. The standard InChI is InChI=1S/C12H7BF2N2/c13-9-6-10(14)8(5-11(9)15)12(16)7-1-3-17-4-2-7/h1-6,16H. The number of aromatic nitrogens is 1.